The molecule has 0 N–H and O–H groups in total. The van der Waals surface area contributed by atoms with Gasteiger partial charge >= 0.3 is 0 Å². The van der Waals surface area contributed by atoms with Crippen molar-refractivity contribution >= 4 is 11.6 Å². The summed E-state index contributed by atoms with van der Waals surface area (Å²) in [5, 5.41) is 0.443. The quantitative estimate of drug-likeness (QED) is 0.434. The van der Waals surface area contributed by atoms with Crippen LogP contribution in [-0.4, -0.2) is 16.6 Å². The van der Waals surface area contributed by atoms with E-state index in [0.717, 1.165) is 12.0 Å². The van der Waals surface area contributed by atoms with E-state index in [9.17, 15) is 0 Å². The Hall–Kier alpha value is -1.27. The van der Waals surface area contributed by atoms with Crippen molar-refractivity contribution in [1.82, 2.24) is 9.97 Å². The fourth-order valence-corrected chi connectivity index (χ4v) is 1.26. The average molecular weight is 211 g/mol. The first kappa shape index (κ1) is 10.8. The summed E-state index contributed by atoms with van der Waals surface area (Å²) in [4.78, 5) is 7.87. The third kappa shape index (κ3) is 2.61. The number of nitrogens with zero attached hydrogens (tertiary/aromatic N) is 2. The molecule has 0 aliphatic heterocycles. The van der Waals surface area contributed by atoms with E-state index < -0.39 is 0 Å². The summed E-state index contributed by atoms with van der Waals surface area (Å²) >= 11 is 5.87. The first-order valence-corrected chi connectivity index (χ1v) is 4.73. The molecule has 0 aromatic carbocycles. The Bertz CT molecular complexity index is 346. The van der Waals surface area contributed by atoms with Gasteiger partial charge in [-0.3, -0.25) is 0 Å². The van der Waals surface area contributed by atoms with Crippen LogP contribution in [0.25, 0.3) is 0 Å². The lowest BCUT2D eigenvalue weighted by molar-refractivity contribution is 0.310. The summed E-state index contributed by atoms with van der Waals surface area (Å²) in [6.45, 7) is 2.43. The van der Waals surface area contributed by atoms with E-state index in [2.05, 4.69) is 15.9 Å². The lowest BCUT2D eigenvalue weighted by Crippen LogP contribution is -2.02. The number of halogens is 1. The largest absolute Gasteiger partial charge is 0.476 e. The van der Waals surface area contributed by atoms with Crippen molar-refractivity contribution in [2.24, 2.45) is 0 Å². The van der Waals surface area contributed by atoms with Gasteiger partial charge in [-0.25, -0.2) is 9.97 Å². The lowest BCUT2D eigenvalue weighted by Gasteiger charge is -2.07. The Morgan fingerprint density at radius 1 is 1.57 bits per heavy atom. The molecular formula is C10H11ClN2O. The number of hydrogen-bond acceptors (Lipinski definition) is 3. The maximum Gasteiger partial charge on any atom is 0.221 e. The van der Waals surface area contributed by atoms with Gasteiger partial charge in [0.15, 0.2) is 0 Å². The van der Waals surface area contributed by atoms with E-state index in [4.69, 9.17) is 22.8 Å². The third-order valence-electron chi connectivity index (χ3n) is 1.69. The van der Waals surface area contributed by atoms with E-state index in [0.29, 0.717) is 24.1 Å². The van der Waals surface area contributed by atoms with Crippen LogP contribution in [0.3, 0.4) is 0 Å². The molecule has 0 fully saturated rings. The molecule has 3 nitrogen and oxygen atoms in total. The first-order chi connectivity index (χ1) is 6.79. The van der Waals surface area contributed by atoms with Crippen molar-refractivity contribution in [1.29, 1.82) is 0 Å². The van der Waals surface area contributed by atoms with Crippen LogP contribution in [0.15, 0.2) is 6.33 Å². The lowest BCUT2D eigenvalue weighted by atomic mass is 10.2. The van der Waals surface area contributed by atoms with Gasteiger partial charge < -0.3 is 4.74 Å². The normalized spacial score (nSPS) is 9.50. The molecule has 0 saturated carbocycles. The van der Waals surface area contributed by atoms with Crippen LogP contribution >= 0.6 is 11.6 Å². The molecule has 1 aromatic heterocycles. The minimum atomic E-state index is 0.443. The molecule has 0 radical (unpaired) electrons. The van der Waals surface area contributed by atoms with E-state index in [1.54, 1.807) is 0 Å². The summed E-state index contributed by atoms with van der Waals surface area (Å²) in [5.74, 6) is 3.02. The van der Waals surface area contributed by atoms with Gasteiger partial charge in [-0.05, 0) is 6.42 Å². The van der Waals surface area contributed by atoms with Crippen molar-refractivity contribution in [3.63, 3.8) is 0 Å². The van der Waals surface area contributed by atoms with Crippen LogP contribution in [0.1, 0.15) is 18.9 Å². The Labute approximate surface area is 88.5 Å². The second kappa shape index (κ2) is 5.46. The Morgan fingerprint density at radius 3 is 3.00 bits per heavy atom. The van der Waals surface area contributed by atoms with Gasteiger partial charge in [0.05, 0.1) is 5.56 Å². The van der Waals surface area contributed by atoms with Crippen LogP contribution in [0.5, 0.6) is 5.88 Å². The predicted octanol–water partition coefficient (Wildman–Crippen LogP) is 2.09. The summed E-state index contributed by atoms with van der Waals surface area (Å²) < 4.78 is 5.37. The zero-order chi connectivity index (χ0) is 10.4. The van der Waals surface area contributed by atoms with Gasteiger partial charge in [0, 0.05) is 6.42 Å². The fraction of sp³-hybridized carbons (Fsp3) is 0.400. The monoisotopic (exact) mass is 210 g/mol. The molecule has 0 saturated heterocycles. The van der Waals surface area contributed by atoms with Gasteiger partial charge in [0.1, 0.15) is 18.1 Å². The topological polar surface area (TPSA) is 35.0 Å². The van der Waals surface area contributed by atoms with Crippen molar-refractivity contribution in [2.45, 2.75) is 19.8 Å². The average Bonchev–Trinajstić information content (AvgIpc) is 2.18. The highest BCUT2D eigenvalue weighted by molar-refractivity contribution is 6.30. The van der Waals surface area contributed by atoms with Gasteiger partial charge in [0.25, 0.3) is 0 Å². The van der Waals surface area contributed by atoms with Crippen LogP contribution in [0, 0.1) is 12.3 Å². The third-order valence-corrected chi connectivity index (χ3v) is 2.02. The maximum absolute atomic E-state index is 5.87. The standard InChI is InChI=1S/C10H11ClN2O/c1-3-5-6-14-10-8(4-2)9(11)12-7-13-10/h1,7H,4-6H2,2H3. The second-order valence-corrected chi connectivity index (χ2v) is 2.96. The molecule has 0 amide bonds. The molecule has 1 aromatic rings. The highest BCUT2D eigenvalue weighted by Gasteiger charge is 2.08. The van der Waals surface area contributed by atoms with E-state index in [1.807, 2.05) is 6.92 Å². The van der Waals surface area contributed by atoms with Crippen molar-refractivity contribution in [3.8, 4) is 18.2 Å². The smallest absolute Gasteiger partial charge is 0.221 e. The summed E-state index contributed by atoms with van der Waals surface area (Å²) in [6, 6.07) is 0. The van der Waals surface area contributed by atoms with E-state index in [1.165, 1.54) is 6.33 Å². The minimum Gasteiger partial charge on any atom is -0.476 e. The molecule has 74 valence electrons. The van der Waals surface area contributed by atoms with Crippen molar-refractivity contribution < 1.29 is 4.74 Å². The van der Waals surface area contributed by atoms with Crippen molar-refractivity contribution in [2.75, 3.05) is 6.61 Å². The zero-order valence-electron chi connectivity index (χ0n) is 7.96. The van der Waals surface area contributed by atoms with Gasteiger partial charge in [-0.2, -0.15) is 0 Å². The number of ether oxygens (including phenoxy) is 1. The Morgan fingerprint density at radius 2 is 2.36 bits per heavy atom. The zero-order valence-corrected chi connectivity index (χ0v) is 8.71. The molecule has 0 spiro atoms. The maximum atomic E-state index is 5.87. The van der Waals surface area contributed by atoms with Crippen LogP contribution in [0.2, 0.25) is 5.15 Å². The molecule has 4 heteroatoms. The highest BCUT2D eigenvalue weighted by atomic mass is 35.5. The molecule has 0 aliphatic rings. The second-order valence-electron chi connectivity index (χ2n) is 2.60. The summed E-state index contributed by atoms with van der Waals surface area (Å²) in [5.41, 5.74) is 0.825. The Balaban J connectivity index is 2.76. The molecule has 0 bridgehead atoms. The van der Waals surface area contributed by atoms with Gasteiger partial charge in [-0.15, -0.1) is 12.3 Å². The fourth-order valence-electron chi connectivity index (χ4n) is 1.00. The van der Waals surface area contributed by atoms with Crippen LogP contribution in [0.4, 0.5) is 0 Å². The molecule has 1 rings (SSSR count). The first-order valence-electron chi connectivity index (χ1n) is 4.35. The molecule has 0 aliphatic carbocycles. The molecule has 1 heterocycles. The van der Waals surface area contributed by atoms with Crippen LogP contribution < -0.4 is 4.74 Å². The minimum absolute atomic E-state index is 0.443. The molecule has 0 atom stereocenters. The van der Waals surface area contributed by atoms with Crippen LogP contribution in [-0.2, 0) is 6.42 Å². The SMILES string of the molecule is C#CCCOc1ncnc(Cl)c1CC. The number of hydrogen-bond donors (Lipinski definition) is 0. The predicted molar refractivity (Wildman–Crippen MR) is 55.4 cm³/mol. The number of terminal acetylenes is 1. The van der Waals surface area contributed by atoms with E-state index in [-0.39, 0.29) is 0 Å². The highest BCUT2D eigenvalue weighted by Crippen LogP contribution is 2.21. The molecule has 0 unspecified atom stereocenters. The number of rotatable bonds is 4. The summed E-state index contributed by atoms with van der Waals surface area (Å²) in [6.07, 6.45) is 7.79. The molecule has 14 heavy (non-hydrogen) atoms. The Kier molecular flexibility index (Phi) is 4.21. The van der Waals surface area contributed by atoms with Gasteiger partial charge in [0.2, 0.25) is 5.88 Å². The van der Waals surface area contributed by atoms with Crippen molar-refractivity contribution in [3.05, 3.63) is 17.0 Å². The summed E-state index contributed by atoms with van der Waals surface area (Å²) in [7, 11) is 0. The van der Waals surface area contributed by atoms with E-state index >= 15 is 0 Å². The van der Waals surface area contributed by atoms with Gasteiger partial charge in [-0.1, -0.05) is 18.5 Å². The number of aromatic nitrogens is 2. The molecular weight excluding hydrogens is 200 g/mol.